The van der Waals surface area contributed by atoms with Crippen LogP contribution in [0.4, 0.5) is 4.79 Å². The van der Waals surface area contributed by atoms with Gasteiger partial charge in [0.1, 0.15) is 0 Å². The third-order valence-electron chi connectivity index (χ3n) is 4.13. The number of carbonyl (C=O) groups excluding carboxylic acids is 3. The average molecular weight is 426 g/mol. The van der Waals surface area contributed by atoms with Gasteiger partial charge >= 0.3 is 6.09 Å². The molecule has 0 bridgehead atoms. The third kappa shape index (κ3) is 6.33. The fourth-order valence-electron chi connectivity index (χ4n) is 2.71. The summed E-state index contributed by atoms with van der Waals surface area (Å²) in [6.45, 7) is 3.57. The molecular formula is C18H24BrN3O4. The summed E-state index contributed by atoms with van der Waals surface area (Å²) in [5.74, 6) is -0.302. The summed E-state index contributed by atoms with van der Waals surface area (Å²) in [4.78, 5) is 37.3. The molecule has 2 rings (SSSR count). The molecule has 0 aromatic heterocycles. The topological polar surface area (TPSA) is 87.7 Å². The molecule has 26 heavy (non-hydrogen) atoms. The smallest absolute Gasteiger partial charge is 0.409 e. The molecule has 2 N–H and O–H groups in total. The number of carbonyl (C=O) groups is 3. The van der Waals surface area contributed by atoms with Gasteiger partial charge in [0.05, 0.1) is 6.61 Å². The van der Waals surface area contributed by atoms with Gasteiger partial charge in [-0.15, -0.1) is 0 Å². The predicted molar refractivity (Wildman–Crippen MR) is 101 cm³/mol. The van der Waals surface area contributed by atoms with E-state index in [4.69, 9.17) is 4.74 Å². The summed E-state index contributed by atoms with van der Waals surface area (Å²) in [5.41, 5.74) is 0.556. The number of piperidine rings is 1. The lowest BCUT2D eigenvalue weighted by Crippen LogP contribution is -2.47. The van der Waals surface area contributed by atoms with Crippen molar-refractivity contribution in [3.63, 3.8) is 0 Å². The zero-order valence-corrected chi connectivity index (χ0v) is 16.4. The van der Waals surface area contributed by atoms with Crippen molar-refractivity contribution in [2.75, 3.05) is 26.2 Å². The van der Waals surface area contributed by atoms with Crippen molar-refractivity contribution >= 4 is 33.8 Å². The largest absolute Gasteiger partial charge is 0.450 e. The zero-order chi connectivity index (χ0) is 18.9. The number of hydrogen-bond donors (Lipinski definition) is 2. The van der Waals surface area contributed by atoms with Crippen LogP contribution in [-0.2, 0) is 9.53 Å². The highest BCUT2D eigenvalue weighted by molar-refractivity contribution is 9.10. The summed E-state index contributed by atoms with van der Waals surface area (Å²) in [5, 5.41) is 5.69. The molecule has 0 radical (unpaired) electrons. The minimum absolute atomic E-state index is 0.0513. The Balaban J connectivity index is 1.64. The molecule has 0 unspecified atom stereocenters. The van der Waals surface area contributed by atoms with Crippen LogP contribution in [0, 0.1) is 0 Å². The molecule has 1 aromatic carbocycles. The van der Waals surface area contributed by atoms with Crippen LogP contribution in [0.25, 0.3) is 0 Å². The van der Waals surface area contributed by atoms with Crippen LogP contribution < -0.4 is 10.6 Å². The lowest BCUT2D eigenvalue weighted by Gasteiger charge is -2.31. The van der Waals surface area contributed by atoms with Gasteiger partial charge in [0.15, 0.2) is 0 Å². The number of likely N-dealkylation sites (tertiary alicyclic amines) is 1. The standard InChI is InChI=1S/C18H24BrN3O4/c1-2-26-18(25)22-11-8-15(9-12-22)21-16(23)7-10-20-17(24)13-3-5-14(19)6-4-13/h3-6,15H,2,7-12H2,1H3,(H,20,24)(H,21,23). The number of rotatable bonds is 6. The minimum atomic E-state index is -0.298. The normalized spacial score (nSPS) is 14.6. The van der Waals surface area contributed by atoms with E-state index in [2.05, 4.69) is 26.6 Å². The SMILES string of the molecule is CCOC(=O)N1CCC(NC(=O)CCNC(=O)c2ccc(Br)cc2)CC1. The Labute approximate surface area is 161 Å². The average Bonchev–Trinajstić information content (AvgIpc) is 2.63. The number of benzene rings is 1. The van der Waals surface area contributed by atoms with Gasteiger partial charge in [-0.25, -0.2) is 4.79 Å². The van der Waals surface area contributed by atoms with Gasteiger partial charge in [-0.1, -0.05) is 15.9 Å². The quantitative estimate of drug-likeness (QED) is 0.731. The molecular weight excluding hydrogens is 402 g/mol. The second-order valence-corrected chi connectivity index (χ2v) is 6.96. The first-order chi connectivity index (χ1) is 12.5. The molecule has 1 aliphatic heterocycles. The molecule has 3 amide bonds. The maximum absolute atomic E-state index is 12.0. The number of ether oxygens (including phenoxy) is 1. The highest BCUT2D eigenvalue weighted by Gasteiger charge is 2.24. The minimum Gasteiger partial charge on any atom is -0.450 e. The summed E-state index contributed by atoms with van der Waals surface area (Å²) in [7, 11) is 0. The fourth-order valence-corrected chi connectivity index (χ4v) is 2.98. The first-order valence-electron chi connectivity index (χ1n) is 8.74. The fraction of sp³-hybridized carbons (Fsp3) is 0.500. The number of halogens is 1. The van der Waals surface area contributed by atoms with Crippen molar-refractivity contribution in [2.45, 2.75) is 32.2 Å². The van der Waals surface area contributed by atoms with Crippen LogP contribution in [-0.4, -0.2) is 55.1 Å². The first kappa shape index (κ1) is 20.2. The van der Waals surface area contributed by atoms with Gasteiger partial charge < -0.3 is 20.3 Å². The highest BCUT2D eigenvalue weighted by Crippen LogP contribution is 2.12. The van der Waals surface area contributed by atoms with E-state index >= 15 is 0 Å². The second-order valence-electron chi connectivity index (χ2n) is 6.04. The number of amides is 3. The molecule has 142 valence electrons. The highest BCUT2D eigenvalue weighted by atomic mass is 79.9. The Morgan fingerprint density at radius 2 is 1.85 bits per heavy atom. The number of nitrogens with one attached hydrogen (secondary N) is 2. The van der Waals surface area contributed by atoms with Crippen molar-refractivity contribution in [3.05, 3.63) is 34.3 Å². The Kier molecular flexibility index (Phi) is 7.90. The number of hydrogen-bond acceptors (Lipinski definition) is 4. The van der Waals surface area contributed by atoms with E-state index in [1.165, 1.54) is 0 Å². The van der Waals surface area contributed by atoms with E-state index in [9.17, 15) is 14.4 Å². The predicted octanol–water partition coefficient (Wildman–Crippen LogP) is 2.31. The van der Waals surface area contributed by atoms with Gasteiger partial charge in [-0.05, 0) is 44.0 Å². The van der Waals surface area contributed by atoms with Crippen molar-refractivity contribution in [3.8, 4) is 0 Å². The summed E-state index contributed by atoms with van der Waals surface area (Å²) >= 11 is 3.32. The maximum atomic E-state index is 12.0. The Hall–Kier alpha value is -2.09. The maximum Gasteiger partial charge on any atom is 0.409 e. The molecule has 0 aliphatic carbocycles. The monoisotopic (exact) mass is 425 g/mol. The van der Waals surface area contributed by atoms with Crippen LogP contribution in [0.2, 0.25) is 0 Å². The van der Waals surface area contributed by atoms with Gasteiger partial charge in [-0.3, -0.25) is 9.59 Å². The van der Waals surface area contributed by atoms with Crippen LogP contribution in [0.3, 0.4) is 0 Å². The zero-order valence-electron chi connectivity index (χ0n) is 14.8. The van der Waals surface area contributed by atoms with Crippen molar-refractivity contribution in [2.24, 2.45) is 0 Å². The molecule has 0 atom stereocenters. The molecule has 1 saturated heterocycles. The van der Waals surface area contributed by atoms with E-state index in [-0.39, 0.29) is 36.9 Å². The molecule has 8 heteroatoms. The Bertz CT molecular complexity index is 628. The van der Waals surface area contributed by atoms with E-state index < -0.39 is 0 Å². The van der Waals surface area contributed by atoms with E-state index in [0.29, 0.717) is 38.1 Å². The molecule has 0 spiro atoms. The van der Waals surface area contributed by atoms with Crippen LogP contribution in [0.15, 0.2) is 28.7 Å². The number of nitrogens with zero attached hydrogens (tertiary/aromatic N) is 1. The second kappa shape index (κ2) is 10.2. The Morgan fingerprint density at radius 3 is 2.46 bits per heavy atom. The summed E-state index contributed by atoms with van der Waals surface area (Å²) < 4.78 is 5.88. The van der Waals surface area contributed by atoms with Gasteiger partial charge in [0.25, 0.3) is 5.91 Å². The molecule has 1 aliphatic rings. The van der Waals surface area contributed by atoms with E-state index in [1.807, 2.05) is 0 Å². The first-order valence-corrected chi connectivity index (χ1v) is 9.53. The van der Waals surface area contributed by atoms with Gasteiger partial charge in [-0.2, -0.15) is 0 Å². The molecule has 1 fully saturated rings. The van der Waals surface area contributed by atoms with Gasteiger partial charge in [0, 0.05) is 42.1 Å². The van der Waals surface area contributed by atoms with Crippen LogP contribution in [0.1, 0.15) is 36.5 Å². The van der Waals surface area contributed by atoms with Crippen molar-refractivity contribution < 1.29 is 19.1 Å². The third-order valence-corrected chi connectivity index (χ3v) is 4.66. The van der Waals surface area contributed by atoms with Gasteiger partial charge in [0.2, 0.25) is 5.91 Å². The van der Waals surface area contributed by atoms with Crippen molar-refractivity contribution in [1.82, 2.24) is 15.5 Å². The lowest BCUT2D eigenvalue weighted by molar-refractivity contribution is -0.121. The van der Waals surface area contributed by atoms with Crippen LogP contribution >= 0.6 is 15.9 Å². The summed E-state index contributed by atoms with van der Waals surface area (Å²) in [6.07, 6.45) is 1.33. The molecule has 1 aromatic rings. The molecule has 1 heterocycles. The van der Waals surface area contributed by atoms with Crippen molar-refractivity contribution in [1.29, 1.82) is 0 Å². The molecule has 0 saturated carbocycles. The van der Waals surface area contributed by atoms with Crippen LogP contribution in [0.5, 0.6) is 0 Å². The van der Waals surface area contributed by atoms with E-state index in [0.717, 1.165) is 4.47 Å². The lowest BCUT2D eigenvalue weighted by atomic mass is 10.1. The molecule has 7 nitrogen and oxygen atoms in total. The Morgan fingerprint density at radius 1 is 1.19 bits per heavy atom. The van der Waals surface area contributed by atoms with E-state index in [1.54, 1.807) is 36.1 Å². The summed E-state index contributed by atoms with van der Waals surface area (Å²) in [6, 6.07) is 7.08.